The minimum atomic E-state index is -0.503. The lowest BCUT2D eigenvalue weighted by molar-refractivity contribution is 0.0533. The van der Waals surface area contributed by atoms with Gasteiger partial charge >= 0.3 is 5.97 Å². The summed E-state index contributed by atoms with van der Waals surface area (Å²) in [5.74, 6) is 0.272. The summed E-state index contributed by atoms with van der Waals surface area (Å²) in [6.07, 6.45) is 3.03. The second kappa shape index (κ2) is 9.73. The molecule has 0 aliphatic rings. The molecule has 0 aliphatic carbocycles. The number of esters is 1. The molecule has 156 valence electrons. The highest BCUT2D eigenvalue weighted by Crippen LogP contribution is 2.39. The number of benzene rings is 1. The lowest BCUT2D eigenvalue weighted by Crippen LogP contribution is -2.14. The first-order chi connectivity index (χ1) is 14.5. The van der Waals surface area contributed by atoms with Gasteiger partial charge in [-0.3, -0.25) is 9.78 Å². The molecule has 0 radical (unpaired) electrons. The molecule has 2 aromatic heterocycles. The second-order valence-electron chi connectivity index (χ2n) is 5.99. The molecule has 9 heteroatoms. The lowest BCUT2D eigenvalue weighted by Gasteiger charge is -2.08. The van der Waals surface area contributed by atoms with Gasteiger partial charge < -0.3 is 19.5 Å². The molecule has 2 heterocycles. The number of anilines is 1. The van der Waals surface area contributed by atoms with Crippen molar-refractivity contribution >= 4 is 44.8 Å². The van der Waals surface area contributed by atoms with Crippen molar-refractivity contribution in [2.45, 2.75) is 6.92 Å². The third-order valence-electron chi connectivity index (χ3n) is 4.08. The van der Waals surface area contributed by atoms with Crippen molar-refractivity contribution in [3.05, 3.63) is 57.6 Å². The van der Waals surface area contributed by atoms with E-state index >= 15 is 0 Å². The van der Waals surface area contributed by atoms with E-state index in [1.165, 1.54) is 17.5 Å². The minimum absolute atomic E-state index is 0.228. The van der Waals surface area contributed by atoms with Gasteiger partial charge in [0.25, 0.3) is 5.91 Å². The van der Waals surface area contributed by atoms with Gasteiger partial charge in [0.1, 0.15) is 4.88 Å². The Kier molecular flexibility index (Phi) is 7.07. The predicted molar refractivity (Wildman–Crippen MR) is 119 cm³/mol. The largest absolute Gasteiger partial charge is 0.493 e. The number of amides is 1. The molecule has 0 atom stereocenters. The van der Waals surface area contributed by atoms with Crippen molar-refractivity contribution in [1.82, 2.24) is 4.98 Å². The number of rotatable bonds is 7. The molecule has 0 unspecified atom stereocenters. The van der Waals surface area contributed by atoms with Crippen LogP contribution in [0.2, 0.25) is 0 Å². The standard InChI is InChI=1S/C21H19BrN2O5S/c1-4-29-21(26)19-15(24-20(25)13-7-14(22)11-23-10-13)9-18(30-19)12-5-6-16(27-2)17(8-12)28-3/h5-11H,4H2,1-3H3,(H,24,25). The summed E-state index contributed by atoms with van der Waals surface area (Å²) in [7, 11) is 3.11. The zero-order chi connectivity index (χ0) is 21.7. The van der Waals surface area contributed by atoms with Crippen molar-refractivity contribution < 1.29 is 23.8 Å². The molecule has 0 saturated carbocycles. The Hall–Kier alpha value is -2.91. The number of methoxy groups -OCH3 is 2. The van der Waals surface area contributed by atoms with Crippen molar-refractivity contribution in [2.75, 3.05) is 26.1 Å². The van der Waals surface area contributed by atoms with Gasteiger partial charge in [0, 0.05) is 21.7 Å². The number of carbonyl (C=O) groups is 2. The van der Waals surface area contributed by atoms with Gasteiger partial charge in [-0.05, 0) is 58.7 Å². The first-order valence-electron chi connectivity index (χ1n) is 8.92. The third-order valence-corrected chi connectivity index (χ3v) is 5.67. The Balaban J connectivity index is 1.99. The Morgan fingerprint density at radius 1 is 1.10 bits per heavy atom. The number of ether oxygens (including phenoxy) is 3. The zero-order valence-electron chi connectivity index (χ0n) is 16.5. The van der Waals surface area contributed by atoms with Crippen molar-refractivity contribution in [2.24, 2.45) is 0 Å². The molecule has 0 aliphatic heterocycles. The quantitative estimate of drug-likeness (QED) is 0.468. The van der Waals surface area contributed by atoms with Gasteiger partial charge in [-0.15, -0.1) is 11.3 Å². The van der Waals surface area contributed by atoms with Gasteiger partial charge in [-0.2, -0.15) is 0 Å². The topological polar surface area (TPSA) is 86.8 Å². The van der Waals surface area contributed by atoms with Crippen LogP contribution < -0.4 is 14.8 Å². The first-order valence-corrected chi connectivity index (χ1v) is 10.5. The van der Waals surface area contributed by atoms with Gasteiger partial charge in [-0.1, -0.05) is 0 Å². The number of nitrogens with one attached hydrogen (secondary N) is 1. The monoisotopic (exact) mass is 490 g/mol. The highest BCUT2D eigenvalue weighted by atomic mass is 79.9. The van der Waals surface area contributed by atoms with E-state index in [9.17, 15) is 9.59 Å². The van der Waals surface area contributed by atoms with Crippen LogP contribution in [-0.4, -0.2) is 37.7 Å². The number of thiophene rings is 1. The Morgan fingerprint density at radius 2 is 1.87 bits per heavy atom. The molecule has 0 saturated heterocycles. The summed E-state index contributed by atoms with van der Waals surface area (Å²) >= 11 is 4.52. The maximum Gasteiger partial charge on any atom is 0.350 e. The Morgan fingerprint density at radius 3 is 2.53 bits per heavy atom. The first kappa shape index (κ1) is 21.8. The van der Waals surface area contributed by atoms with Gasteiger partial charge in [0.2, 0.25) is 0 Å². The summed E-state index contributed by atoms with van der Waals surface area (Å²) in [6, 6.07) is 8.83. The maximum absolute atomic E-state index is 12.7. The number of aromatic nitrogens is 1. The van der Waals surface area contributed by atoms with Crippen LogP contribution in [0.25, 0.3) is 10.4 Å². The highest BCUT2D eigenvalue weighted by Gasteiger charge is 2.21. The molecule has 3 aromatic rings. The van der Waals surface area contributed by atoms with Crippen LogP contribution in [0.4, 0.5) is 5.69 Å². The summed E-state index contributed by atoms with van der Waals surface area (Å²) in [5, 5.41) is 2.79. The smallest absolute Gasteiger partial charge is 0.350 e. The molecular formula is C21H19BrN2O5S. The summed E-state index contributed by atoms with van der Waals surface area (Å²) in [5.41, 5.74) is 1.54. The molecule has 1 N–H and O–H groups in total. The molecule has 30 heavy (non-hydrogen) atoms. The summed E-state index contributed by atoms with van der Waals surface area (Å²) < 4.78 is 16.5. The fourth-order valence-corrected chi connectivity index (χ4v) is 4.06. The minimum Gasteiger partial charge on any atom is -0.493 e. The third kappa shape index (κ3) is 4.80. The van der Waals surface area contributed by atoms with Gasteiger partial charge in [0.15, 0.2) is 11.5 Å². The van der Waals surface area contributed by atoms with Crippen molar-refractivity contribution in [3.63, 3.8) is 0 Å². The average molecular weight is 491 g/mol. The number of hydrogen-bond donors (Lipinski definition) is 1. The lowest BCUT2D eigenvalue weighted by atomic mass is 10.1. The molecular weight excluding hydrogens is 472 g/mol. The number of nitrogens with zero attached hydrogens (tertiary/aromatic N) is 1. The molecule has 0 fully saturated rings. The van der Waals surface area contributed by atoms with E-state index in [0.29, 0.717) is 32.1 Å². The number of halogens is 1. The summed E-state index contributed by atoms with van der Waals surface area (Å²) in [4.78, 5) is 30.2. The van der Waals surface area contributed by atoms with Gasteiger partial charge in [0.05, 0.1) is 32.1 Å². The molecule has 0 spiro atoms. The highest BCUT2D eigenvalue weighted by molar-refractivity contribution is 9.10. The van der Waals surface area contributed by atoms with Gasteiger partial charge in [-0.25, -0.2) is 4.79 Å². The maximum atomic E-state index is 12.7. The Labute approximate surface area is 186 Å². The molecule has 0 bridgehead atoms. The number of carbonyl (C=O) groups excluding carboxylic acids is 2. The van der Waals surface area contributed by atoms with Crippen LogP contribution in [0.1, 0.15) is 27.0 Å². The van der Waals surface area contributed by atoms with E-state index < -0.39 is 5.97 Å². The van der Waals surface area contributed by atoms with E-state index in [2.05, 4.69) is 26.2 Å². The number of hydrogen-bond acceptors (Lipinski definition) is 7. The number of pyridine rings is 1. The summed E-state index contributed by atoms with van der Waals surface area (Å²) in [6.45, 7) is 1.96. The van der Waals surface area contributed by atoms with E-state index in [4.69, 9.17) is 14.2 Å². The van der Waals surface area contributed by atoms with E-state index in [0.717, 1.165) is 10.4 Å². The fraction of sp³-hybridized carbons (Fsp3) is 0.190. The second-order valence-corrected chi connectivity index (χ2v) is 7.96. The van der Waals surface area contributed by atoms with Crippen LogP contribution in [0.15, 0.2) is 47.2 Å². The van der Waals surface area contributed by atoms with Crippen LogP contribution in [-0.2, 0) is 4.74 Å². The normalized spacial score (nSPS) is 10.4. The van der Waals surface area contributed by atoms with Crippen LogP contribution in [0, 0.1) is 0 Å². The van der Waals surface area contributed by atoms with Crippen molar-refractivity contribution in [3.8, 4) is 21.9 Å². The van der Waals surface area contributed by atoms with E-state index in [1.807, 2.05) is 12.1 Å². The molecule has 1 amide bonds. The van der Waals surface area contributed by atoms with E-state index in [1.54, 1.807) is 45.5 Å². The van der Waals surface area contributed by atoms with Crippen molar-refractivity contribution in [1.29, 1.82) is 0 Å². The molecule has 1 aromatic carbocycles. The molecule has 3 rings (SSSR count). The van der Waals surface area contributed by atoms with E-state index in [-0.39, 0.29) is 12.5 Å². The zero-order valence-corrected chi connectivity index (χ0v) is 18.9. The fourth-order valence-electron chi connectivity index (χ4n) is 2.69. The van der Waals surface area contributed by atoms with Crippen LogP contribution in [0.3, 0.4) is 0 Å². The van der Waals surface area contributed by atoms with Crippen LogP contribution >= 0.6 is 27.3 Å². The predicted octanol–water partition coefficient (Wildman–Crippen LogP) is 5.02. The Bertz CT molecular complexity index is 1080. The SMILES string of the molecule is CCOC(=O)c1sc(-c2ccc(OC)c(OC)c2)cc1NC(=O)c1cncc(Br)c1. The van der Waals surface area contributed by atoms with Crippen LogP contribution in [0.5, 0.6) is 11.5 Å². The average Bonchev–Trinajstić information content (AvgIpc) is 3.17. The molecule has 7 nitrogen and oxygen atoms in total.